The van der Waals surface area contributed by atoms with E-state index in [9.17, 15) is 14.7 Å². The Bertz CT molecular complexity index is 1250. The van der Waals surface area contributed by atoms with Crippen LogP contribution in [0.2, 0.25) is 0 Å². The molecule has 0 radical (unpaired) electrons. The van der Waals surface area contributed by atoms with Gasteiger partial charge in [0.05, 0.1) is 18.8 Å². The van der Waals surface area contributed by atoms with E-state index in [0.29, 0.717) is 36.7 Å². The number of aliphatic hydroxyl groups excluding tert-OH is 1. The second kappa shape index (κ2) is 15.6. The van der Waals surface area contributed by atoms with Crippen LogP contribution in [0.3, 0.4) is 0 Å². The molecule has 220 valence electrons. The van der Waals surface area contributed by atoms with Gasteiger partial charge in [-0.1, -0.05) is 73.1 Å². The van der Waals surface area contributed by atoms with E-state index >= 15 is 0 Å². The number of rotatable bonds is 15. The summed E-state index contributed by atoms with van der Waals surface area (Å²) in [7, 11) is 1.80. The van der Waals surface area contributed by atoms with E-state index in [1.54, 1.807) is 11.7 Å². The second-order valence-corrected chi connectivity index (χ2v) is 11.1. The van der Waals surface area contributed by atoms with Crippen LogP contribution in [0.5, 0.6) is 0 Å². The largest absolute Gasteiger partial charge is 0.481 e. The lowest BCUT2D eigenvalue weighted by atomic mass is 10.0. The van der Waals surface area contributed by atoms with Gasteiger partial charge in [0.15, 0.2) is 6.29 Å². The molecule has 1 fully saturated rings. The van der Waals surface area contributed by atoms with Crippen molar-refractivity contribution in [3.63, 3.8) is 0 Å². The fraction of sp³-hybridized carbons (Fsp3) is 0.483. The highest BCUT2D eigenvalue weighted by Gasteiger charge is 2.32. The molecular formula is C29H37N5O6S. The smallest absolute Gasteiger partial charge is 0.303 e. The van der Waals surface area contributed by atoms with E-state index < -0.39 is 12.3 Å². The number of aliphatic hydroxyl groups is 1. The van der Waals surface area contributed by atoms with Crippen molar-refractivity contribution in [2.45, 2.75) is 81.8 Å². The van der Waals surface area contributed by atoms with Crippen LogP contribution in [0.4, 0.5) is 0 Å². The number of amides is 1. The highest BCUT2D eigenvalue weighted by molar-refractivity contribution is 7.99. The molecule has 1 aliphatic heterocycles. The van der Waals surface area contributed by atoms with E-state index in [0.717, 1.165) is 41.5 Å². The minimum atomic E-state index is -0.779. The van der Waals surface area contributed by atoms with E-state index in [2.05, 4.69) is 20.8 Å². The van der Waals surface area contributed by atoms with Crippen LogP contribution < -0.4 is 5.32 Å². The fourth-order valence-electron chi connectivity index (χ4n) is 4.53. The number of benzene rings is 2. The predicted octanol–water partition coefficient (Wildman–Crippen LogP) is 4.08. The zero-order chi connectivity index (χ0) is 29.0. The first-order chi connectivity index (χ1) is 19.9. The van der Waals surface area contributed by atoms with Crippen LogP contribution in [0.15, 0.2) is 53.7 Å². The van der Waals surface area contributed by atoms with Crippen molar-refractivity contribution < 1.29 is 29.3 Å². The van der Waals surface area contributed by atoms with Crippen molar-refractivity contribution in [2.75, 3.05) is 5.75 Å². The summed E-state index contributed by atoms with van der Waals surface area (Å²) in [6, 6.07) is 15.6. The second-order valence-electron chi connectivity index (χ2n) is 10.1. The van der Waals surface area contributed by atoms with Gasteiger partial charge < -0.3 is 25.0 Å². The van der Waals surface area contributed by atoms with Crippen LogP contribution >= 0.6 is 11.8 Å². The first-order valence-corrected chi connectivity index (χ1v) is 14.8. The molecule has 3 atom stereocenters. The number of aliphatic carboxylic acids is 1. The lowest BCUT2D eigenvalue weighted by Gasteiger charge is -2.36. The van der Waals surface area contributed by atoms with Gasteiger partial charge in [-0.05, 0) is 40.0 Å². The molecule has 1 saturated heterocycles. The standard InChI is InChI=1S/C29H37N5O6S/c1-34-29(31-32-33-34)41-19-24-16-25(22-12-10-21(18-35)11-13-22)40-28(39-24)23-14-8-20(9-15-23)17-30-26(36)6-4-2-3-5-7-27(37)38/h8-15,24-25,28,35H,2-7,16-19H2,1H3,(H,30,36)(H,37,38). The molecule has 12 heteroatoms. The third-order valence-electron chi connectivity index (χ3n) is 6.88. The quantitative estimate of drug-likeness (QED) is 0.176. The Balaban J connectivity index is 1.32. The number of aryl methyl sites for hydroxylation is 1. The van der Waals surface area contributed by atoms with Gasteiger partial charge in [0.2, 0.25) is 11.1 Å². The Morgan fingerprint density at radius 2 is 1.66 bits per heavy atom. The minimum absolute atomic E-state index is 0.00998. The summed E-state index contributed by atoms with van der Waals surface area (Å²) >= 11 is 1.53. The van der Waals surface area contributed by atoms with Crippen LogP contribution in [0.25, 0.3) is 0 Å². The molecule has 0 bridgehead atoms. The lowest BCUT2D eigenvalue weighted by Crippen LogP contribution is -2.31. The number of carbonyl (C=O) groups is 2. The highest BCUT2D eigenvalue weighted by atomic mass is 32.2. The Hall–Kier alpha value is -3.32. The molecule has 11 nitrogen and oxygen atoms in total. The summed E-state index contributed by atoms with van der Waals surface area (Å²) in [5.74, 6) is -0.137. The van der Waals surface area contributed by atoms with Gasteiger partial charge in [-0.2, -0.15) is 0 Å². The normalized spacial score (nSPS) is 18.7. The number of carboxylic acid groups (broad SMARTS) is 1. The molecular weight excluding hydrogens is 546 g/mol. The van der Waals surface area contributed by atoms with Gasteiger partial charge in [-0.25, -0.2) is 4.68 Å². The van der Waals surface area contributed by atoms with Crippen molar-refractivity contribution in [2.24, 2.45) is 7.05 Å². The number of unbranched alkanes of at least 4 members (excludes halogenated alkanes) is 3. The molecule has 3 aromatic rings. The van der Waals surface area contributed by atoms with Crippen molar-refractivity contribution in [3.05, 3.63) is 70.8 Å². The van der Waals surface area contributed by atoms with Crippen molar-refractivity contribution in [1.82, 2.24) is 25.5 Å². The Labute approximate surface area is 243 Å². The SMILES string of the molecule is Cn1nnnc1SCC1CC(c2ccc(CO)cc2)OC(c2ccc(CNC(=O)CCCCCCC(=O)O)cc2)O1. The summed E-state index contributed by atoms with van der Waals surface area (Å²) in [5.41, 5.74) is 3.72. The van der Waals surface area contributed by atoms with Crippen LogP contribution in [0, 0.1) is 0 Å². The number of carbonyl (C=O) groups excluding carboxylic acids is 1. The average Bonchev–Trinajstić information content (AvgIpc) is 3.41. The van der Waals surface area contributed by atoms with E-state index in [4.69, 9.17) is 14.6 Å². The molecule has 1 amide bonds. The zero-order valence-electron chi connectivity index (χ0n) is 23.1. The number of nitrogens with one attached hydrogen (secondary N) is 1. The number of hydrogen-bond donors (Lipinski definition) is 3. The third kappa shape index (κ3) is 9.63. The van der Waals surface area contributed by atoms with Gasteiger partial charge in [0.1, 0.15) is 0 Å². The molecule has 0 saturated carbocycles. The maximum absolute atomic E-state index is 12.2. The van der Waals surface area contributed by atoms with Crippen LogP contribution in [-0.4, -0.2) is 54.2 Å². The number of tetrazole rings is 1. The van der Waals surface area contributed by atoms with Crippen LogP contribution in [0.1, 0.15) is 79.6 Å². The Morgan fingerprint density at radius 3 is 2.32 bits per heavy atom. The first-order valence-electron chi connectivity index (χ1n) is 13.8. The molecule has 4 rings (SSSR count). The van der Waals surface area contributed by atoms with Gasteiger partial charge in [0, 0.05) is 44.2 Å². The summed E-state index contributed by atoms with van der Waals surface area (Å²) in [5, 5.41) is 33.4. The monoisotopic (exact) mass is 583 g/mol. The van der Waals surface area contributed by atoms with Gasteiger partial charge in [-0.15, -0.1) is 5.10 Å². The van der Waals surface area contributed by atoms with E-state index in [-0.39, 0.29) is 31.1 Å². The zero-order valence-corrected chi connectivity index (χ0v) is 24.0. The molecule has 3 unspecified atom stereocenters. The van der Waals surface area contributed by atoms with Crippen molar-refractivity contribution in [3.8, 4) is 0 Å². The number of carboxylic acids is 1. The predicted molar refractivity (Wildman–Crippen MR) is 152 cm³/mol. The summed E-state index contributed by atoms with van der Waals surface area (Å²) in [6.45, 7) is 0.416. The summed E-state index contributed by atoms with van der Waals surface area (Å²) in [6.07, 6.45) is 3.46. The molecule has 1 aromatic heterocycles. The molecule has 2 aromatic carbocycles. The number of aromatic nitrogens is 4. The maximum atomic E-state index is 12.2. The maximum Gasteiger partial charge on any atom is 0.303 e. The summed E-state index contributed by atoms with van der Waals surface area (Å²) in [4.78, 5) is 22.8. The van der Waals surface area contributed by atoms with Gasteiger partial charge in [0.25, 0.3) is 0 Å². The van der Waals surface area contributed by atoms with E-state index in [1.165, 1.54) is 11.8 Å². The number of nitrogens with zero attached hydrogens (tertiary/aromatic N) is 4. The lowest BCUT2D eigenvalue weighted by molar-refractivity contribution is -0.245. The molecule has 1 aliphatic rings. The number of thioether (sulfide) groups is 1. The molecule has 41 heavy (non-hydrogen) atoms. The number of hydrogen-bond acceptors (Lipinski definition) is 9. The Kier molecular flexibility index (Phi) is 11.7. The Morgan fingerprint density at radius 1 is 0.976 bits per heavy atom. The highest BCUT2D eigenvalue weighted by Crippen LogP contribution is 2.39. The van der Waals surface area contributed by atoms with Crippen LogP contribution in [-0.2, 0) is 39.3 Å². The molecule has 0 spiro atoms. The van der Waals surface area contributed by atoms with Crippen molar-refractivity contribution >= 4 is 23.6 Å². The minimum Gasteiger partial charge on any atom is -0.481 e. The molecule has 2 heterocycles. The number of ether oxygens (including phenoxy) is 2. The fourth-order valence-corrected chi connectivity index (χ4v) is 5.40. The first kappa shape index (κ1) is 30.6. The topological polar surface area (TPSA) is 149 Å². The molecule has 3 N–H and O–H groups in total. The van der Waals surface area contributed by atoms with Gasteiger partial charge >= 0.3 is 5.97 Å². The van der Waals surface area contributed by atoms with Gasteiger partial charge in [-0.3, -0.25) is 9.59 Å². The average molecular weight is 584 g/mol. The summed E-state index contributed by atoms with van der Waals surface area (Å²) < 4.78 is 14.4. The molecule has 0 aliphatic carbocycles. The van der Waals surface area contributed by atoms with E-state index in [1.807, 2.05) is 48.5 Å². The van der Waals surface area contributed by atoms with Crippen molar-refractivity contribution in [1.29, 1.82) is 0 Å². The third-order valence-corrected chi connectivity index (χ3v) is 8.02.